The maximum atomic E-state index is 12.5. The van der Waals surface area contributed by atoms with E-state index in [-0.39, 0.29) is 5.43 Å². The molecule has 0 saturated carbocycles. The van der Waals surface area contributed by atoms with Crippen LogP contribution >= 0.6 is 0 Å². The fourth-order valence-corrected chi connectivity index (χ4v) is 3.54. The lowest BCUT2D eigenvalue weighted by Gasteiger charge is -2.22. The summed E-state index contributed by atoms with van der Waals surface area (Å²) in [6.07, 6.45) is 5.32. The van der Waals surface area contributed by atoms with Gasteiger partial charge in [0.05, 0.1) is 18.1 Å². The third-order valence-corrected chi connectivity index (χ3v) is 5.06. The van der Waals surface area contributed by atoms with Crippen molar-refractivity contribution < 1.29 is 9.90 Å². The maximum Gasteiger partial charge on any atom is 0.411 e. The zero-order valence-electron chi connectivity index (χ0n) is 18.4. The number of aromatic nitrogens is 4. The number of anilines is 1. The van der Waals surface area contributed by atoms with E-state index in [2.05, 4.69) is 24.0 Å². The number of carboxylic acid groups (broad SMARTS) is 1. The lowest BCUT2D eigenvalue weighted by molar-refractivity contribution is 0.201. The van der Waals surface area contributed by atoms with Gasteiger partial charge in [0, 0.05) is 31.8 Å². The number of hydrogen-bond acceptors (Lipinski definition) is 4. The van der Waals surface area contributed by atoms with Gasteiger partial charge in [0.25, 0.3) is 0 Å². The zero-order chi connectivity index (χ0) is 22.5. The zero-order valence-corrected chi connectivity index (χ0v) is 18.4. The van der Waals surface area contributed by atoms with Gasteiger partial charge in [-0.2, -0.15) is 10.2 Å². The summed E-state index contributed by atoms with van der Waals surface area (Å²) in [6.45, 7) is 9.29. The monoisotopic (exact) mass is 423 g/mol. The van der Waals surface area contributed by atoms with Gasteiger partial charge in [0.2, 0.25) is 5.43 Å². The van der Waals surface area contributed by atoms with Gasteiger partial charge in [0.15, 0.2) is 0 Å². The SMILES string of the molecule is CCCN(C(=O)O)c1cccc(Cc2nn(-c3cnn(CC(C)C)c3)ccc2=O)c1C. The van der Waals surface area contributed by atoms with Crippen LogP contribution in [0.3, 0.4) is 0 Å². The first kappa shape index (κ1) is 22.3. The molecular weight excluding hydrogens is 394 g/mol. The second kappa shape index (κ2) is 9.59. The van der Waals surface area contributed by atoms with E-state index in [4.69, 9.17) is 0 Å². The Hall–Kier alpha value is -3.42. The van der Waals surface area contributed by atoms with E-state index >= 15 is 0 Å². The van der Waals surface area contributed by atoms with E-state index in [0.717, 1.165) is 23.4 Å². The normalized spacial score (nSPS) is 11.1. The molecule has 31 heavy (non-hydrogen) atoms. The second-order valence-corrected chi connectivity index (χ2v) is 8.06. The molecular formula is C23H29N5O3. The van der Waals surface area contributed by atoms with E-state index in [1.165, 1.54) is 11.0 Å². The first-order valence-corrected chi connectivity index (χ1v) is 10.5. The Morgan fingerprint density at radius 3 is 2.71 bits per heavy atom. The smallest absolute Gasteiger partial charge is 0.411 e. The molecule has 2 aromatic heterocycles. The first-order valence-electron chi connectivity index (χ1n) is 10.5. The van der Waals surface area contributed by atoms with Crippen molar-refractivity contribution in [1.82, 2.24) is 19.6 Å². The van der Waals surface area contributed by atoms with Gasteiger partial charge in [-0.15, -0.1) is 0 Å². The number of benzene rings is 1. The minimum atomic E-state index is -0.985. The van der Waals surface area contributed by atoms with Crippen molar-refractivity contribution in [3.8, 4) is 5.69 Å². The average molecular weight is 424 g/mol. The minimum Gasteiger partial charge on any atom is -0.465 e. The Morgan fingerprint density at radius 2 is 2.03 bits per heavy atom. The number of amides is 1. The van der Waals surface area contributed by atoms with E-state index in [1.807, 2.05) is 36.9 Å². The van der Waals surface area contributed by atoms with E-state index < -0.39 is 6.09 Å². The van der Waals surface area contributed by atoms with Crippen molar-refractivity contribution in [3.05, 3.63) is 69.9 Å². The molecule has 0 unspecified atom stereocenters. The lowest BCUT2D eigenvalue weighted by atomic mass is 10.0. The lowest BCUT2D eigenvalue weighted by Crippen LogP contribution is -2.30. The van der Waals surface area contributed by atoms with E-state index in [1.54, 1.807) is 23.1 Å². The third-order valence-electron chi connectivity index (χ3n) is 5.06. The van der Waals surface area contributed by atoms with Crippen LogP contribution in [0.15, 0.2) is 47.7 Å². The molecule has 0 saturated heterocycles. The molecule has 1 amide bonds. The predicted octanol–water partition coefficient (Wildman–Crippen LogP) is 3.88. The molecule has 0 aliphatic heterocycles. The molecule has 0 atom stereocenters. The quantitative estimate of drug-likeness (QED) is 0.593. The molecule has 8 nitrogen and oxygen atoms in total. The maximum absolute atomic E-state index is 12.5. The van der Waals surface area contributed by atoms with E-state index in [9.17, 15) is 14.7 Å². The highest BCUT2D eigenvalue weighted by atomic mass is 16.4. The highest BCUT2D eigenvalue weighted by molar-refractivity contribution is 5.87. The Kier molecular flexibility index (Phi) is 6.89. The minimum absolute atomic E-state index is 0.153. The van der Waals surface area contributed by atoms with Crippen molar-refractivity contribution in [2.24, 2.45) is 5.92 Å². The van der Waals surface area contributed by atoms with Gasteiger partial charge >= 0.3 is 6.09 Å². The Labute approximate surface area is 181 Å². The van der Waals surface area contributed by atoms with Crippen LogP contribution in [-0.2, 0) is 13.0 Å². The van der Waals surface area contributed by atoms with Crippen molar-refractivity contribution in [1.29, 1.82) is 0 Å². The molecule has 0 bridgehead atoms. The van der Waals surface area contributed by atoms with Gasteiger partial charge in [-0.3, -0.25) is 14.4 Å². The second-order valence-electron chi connectivity index (χ2n) is 8.06. The van der Waals surface area contributed by atoms with Crippen LogP contribution in [0.4, 0.5) is 10.5 Å². The van der Waals surface area contributed by atoms with Crippen LogP contribution < -0.4 is 10.3 Å². The van der Waals surface area contributed by atoms with Gasteiger partial charge in [-0.05, 0) is 36.5 Å². The number of carbonyl (C=O) groups is 1. The van der Waals surface area contributed by atoms with Crippen molar-refractivity contribution >= 4 is 11.8 Å². The van der Waals surface area contributed by atoms with Crippen LogP contribution in [0.5, 0.6) is 0 Å². The Bertz CT molecular complexity index is 1120. The third kappa shape index (κ3) is 5.20. The molecule has 1 N–H and O–H groups in total. The summed E-state index contributed by atoms with van der Waals surface area (Å²) in [7, 11) is 0. The molecule has 8 heteroatoms. The van der Waals surface area contributed by atoms with Crippen LogP contribution in [0.1, 0.15) is 44.0 Å². The number of nitrogens with zero attached hydrogens (tertiary/aromatic N) is 5. The van der Waals surface area contributed by atoms with Crippen molar-refractivity contribution in [3.63, 3.8) is 0 Å². The molecule has 0 radical (unpaired) electrons. The molecule has 0 aliphatic carbocycles. The van der Waals surface area contributed by atoms with Crippen molar-refractivity contribution in [2.75, 3.05) is 11.4 Å². The number of hydrogen-bond donors (Lipinski definition) is 1. The molecule has 0 spiro atoms. The van der Waals surface area contributed by atoms with E-state index in [0.29, 0.717) is 36.7 Å². The number of rotatable bonds is 8. The predicted molar refractivity (Wildman–Crippen MR) is 120 cm³/mol. The van der Waals surface area contributed by atoms with Crippen LogP contribution in [0.2, 0.25) is 0 Å². The van der Waals surface area contributed by atoms with Gasteiger partial charge in [-0.25, -0.2) is 9.48 Å². The molecule has 0 fully saturated rings. The van der Waals surface area contributed by atoms with Crippen LogP contribution in [0.25, 0.3) is 5.69 Å². The highest BCUT2D eigenvalue weighted by Crippen LogP contribution is 2.25. The summed E-state index contributed by atoms with van der Waals surface area (Å²) in [5.74, 6) is 0.471. The van der Waals surface area contributed by atoms with Crippen molar-refractivity contribution in [2.45, 2.75) is 47.1 Å². The van der Waals surface area contributed by atoms with Crippen LogP contribution in [-0.4, -0.2) is 37.3 Å². The molecule has 164 valence electrons. The first-order chi connectivity index (χ1) is 14.8. The highest BCUT2D eigenvalue weighted by Gasteiger charge is 2.18. The summed E-state index contributed by atoms with van der Waals surface area (Å²) in [4.78, 5) is 25.5. The molecule has 3 rings (SSSR count). The Balaban J connectivity index is 1.92. The topological polar surface area (TPSA) is 93.2 Å². The summed E-state index contributed by atoms with van der Waals surface area (Å²) in [6, 6.07) is 7.02. The summed E-state index contributed by atoms with van der Waals surface area (Å²) in [5, 5.41) is 18.5. The van der Waals surface area contributed by atoms with Gasteiger partial charge < -0.3 is 5.11 Å². The van der Waals surface area contributed by atoms with Crippen LogP contribution in [0, 0.1) is 12.8 Å². The molecule has 2 heterocycles. The molecule has 1 aromatic carbocycles. The summed E-state index contributed by atoms with van der Waals surface area (Å²) < 4.78 is 3.52. The summed E-state index contributed by atoms with van der Waals surface area (Å²) in [5.41, 5.74) is 3.37. The van der Waals surface area contributed by atoms with Gasteiger partial charge in [-0.1, -0.05) is 32.9 Å². The molecule has 3 aromatic rings. The fraction of sp³-hybridized carbons (Fsp3) is 0.391. The average Bonchev–Trinajstić information content (AvgIpc) is 3.17. The standard InChI is InChI=1S/C23H29N5O3/c1-5-10-27(23(30)31)21-8-6-7-18(17(21)4)12-20-22(29)9-11-28(25-20)19-13-24-26(15-19)14-16(2)3/h6-9,11,13,15-16H,5,10,12,14H2,1-4H3,(H,30,31). The van der Waals surface area contributed by atoms with Gasteiger partial charge in [0.1, 0.15) is 11.4 Å². The fourth-order valence-electron chi connectivity index (χ4n) is 3.54. The largest absolute Gasteiger partial charge is 0.465 e. The molecule has 0 aliphatic rings. The summed E-state index contributed by atoms with van der Waals surface area (Å²) >= 11 is 0. The Morgan fingerprint density at radius 1 is 1.26 bits per heavy atom.